The Labute approximate surface area is 90.1 Å². The molecule has 0 aromatic rings. The van der Waals surface area contributed by atoms with Crippen molar-refractivity contribution in [3.63, 3.8) is 0 Å². The quantitative estimate of drug-likeness (QED) is 0.757. The van der Waals surface area contributed by atoms with Gasteiger partial charge >= 0.3 is 0 Å². The van der Waals surface area contributed by atoms with Gasteiger partial charge in [0.1, 0.15) is 11.9 Å². The fourth-order valence-corrected chi connectivity index (χ4v) is 2.26. The number of carbonyl (C=O) groups is 1. The Bertz CT molecular complexity index is 270. The van der Waals surface area contributed by atoms with Crippen LogP contribution in [0.1, 0.15) is 44.9 Å². The lowest BCUT2D eigenvalue weighted by atomic mass is 9.94. The molecule has 0 aliphatic heterocycles. The highest BCUT2D eigenvalue weighted by atomic mass is 16.5. The molecule has 0 radical (unpaired) electrons. The zero-order valence-corrected chi connectivity index (χ0v) is 8.95. The Kier molecular flexibility index (Phi) is 3.41. The molecule has 3 heteroatoms. The van der Waals surface area contributed by atoms with Crippen molar-refractivity contribution in [2.24, 2.45) is 0 Å². The minimum atomic E-state index is -0.350. The van der Waals surface area contributed by atoms with E-state index in [4.69, 9.17) is 4.74 Å². The van der Waals surface area contributed by atoms with Gasteiger partial charge in [-0.3, -0.25) is 4.79 Å². The summed E-state index contributed by atoms with van der Waals surface area (Å²) >= 11 is 0. The molecule has 0 heterocycles. The van der Waals surface area contributed by atoms with Crippen molar-refractivity contribution in [3.05, 3.63) is 11.8 Å². The zero-order valence-electron chi connectivity index (χ0n) is 8.95. The van der Waals surface area contributed by atoms with Crippen molar-refractivity contribution in [1.29, 1.82) is 0 Å². The molecule has 1 fully saturated rings. The highest BCUT2D eigenvalue weighted by molar-refractivity contribution is 5.90. The first-order chi connectivity index (χ1) is 7.25. The minimum Gasteiger partial charge on any atom is -0.492 e. The molecule has 0 unspecified atom stereocenters. The van der Waals surface area contributed by atoms with E-state index >= 15 is 0 Å². The maximum Gasteiger partial charge on any atom is 0.159 e. The van der Waals surface area contributed by atoms with Crippen molar-refractivity contribution in [2.75, 3.05) is 0 Å². The van der Waals surface area contributed by atoms with Gasteiger partial charge in [0.05, 0.1) is 6.10 Å². The lowest BCUT2D eigenvalue weighted by Gasteiger charge is -2.29. The summed E-state index contributed by atoms with van der Waals surface area (Å²) in [7, 11) is 0. The van der Waals surface area contributed by atoms with E-state index in [9.17, 15) is 9.90 Å². The maximum absolute atomic E-state index is 11.2. The first-order valence-corrected chi connectivity index (χ1v) is 5.84. The molecule has 2 rings (SSSR count). The van der Waals surface area contributed by atoms with Gasteiger partial charge in [-0.15, -0.1) is 0 Å². The highest BCUT2D eigenvalue weighted by Gasteiger charge is 2.26. The van der Waals surface area contributed by atoms with Gasteiger partial charge in [0.2, 0.25) is 0 Å². The number of hydrogen-bond acceptors (Lipinski definition) is 3. The smallest absolute Gasteiger partial charge is 0.159 e. The van der Waals surface area contributed by atoms with Crippen LogP contribution in [0.3, 0.4) is 0 Å². The van der Waals surface area contributed by atoms with E-state index < -0.39 is 0 Å². The molecule has 3 nitrogen and oxygen atoms in total. The predicted octanol–water partition coefficient (Wildman–Crippen LogP) is 1.94. The lowest BCUT2D eigenvalue weighted by Crippen LogP contribution is -2.32. The molecule has 15 heavy (non-hydrogen) atoms. The fraction of sp³-hybridized carbons (Fsp3) is 0.750. The summed E-state index contributed by atoms with van der Waals surface area (Å²) < 4.78 is 5.71. The van der Waals surface area contributed by atoms with E-state index in [0.29, 0.717) is 6.42 Å². The molecule has 0 bridgehead atoms. The third-order valence-electron chi connectivity index (χ3n) is 3.14. The molecule has 1 N–H and O–H groups in total. The normalized spacial score (nSPS) is 32.3. The number of aliphatic hydroxyl groups excluding tert-OH is 1. The van der Waals surface area contributed by atoms with Crippen LogP contribution in [0.2, 0.25) is 0 Å². The van der Waals surface area contributed by atoms with Crippen LogP contribution in [0.5, 0.6) is 0 Å². The molecule has 0 spiro atoms. The van der Waals surface area contributed by atoms with E-state index in [-0.39, 0.29) is 18.0 Å². The SMILES string of the molecule is O=C1C=C(O[C@@H]2CCCC[C@H]2O)CCC1. The Balaban J connectivity index is 1.92. The van der Waals surface area contributed by atoms with Crippen LogP contribution in [-0.2, 0) is 9.53 Å². The molecule has 0 aromatic heterocycles. The summed E-state index contributed by atoms with van der Waals surface area (Å²) in [5.41, 5.74) is 0. The second-order valence-electron chi connectivity index (χ2n) is 4.44. The third-order valence-corrected chi connectivity index (χ3v) is 3.14. The Hall–Kier alpha value is -0.830. The average Bonchev–Trinajstić information content (AvgIpc) is 2.22. The summed E-state index contributed by atoms with van der Waals surface area (Å²) in [6.45, 7) is 0. The fourth-order valence-electron chi connectivity index (χ4n) is 2.26. The lowest BCUT2D eigenvalue weighted by molar-refractivity contribution is -0.115. The molecule has 0 saturated heterocycles. The Morgan fingerprint density at radius 1 is 1.20 bits per heavy atom. The van der Waals surface area contributed by atoms with Crippen LogP contribution in [0, 0.1) is 0 Å². The summed E-state index contributed by atoms with van der Waals surface area (Å²) in [6, 6.07) is 0. The Morgan fingerprint density at radius 2 is 2.00 bits per heavy atom. The Morgan fingerprint density at radius 3 is 2.73 bits per heavy atom. The number of carbonyl (C=O) groups excluding carboxylic acids is 1. The van der Waals surface area contributed by atoms with Crippen LogP contribution >= 0.6 is 0 Å². The topological polar surface area (TPSA) is 46.5 Å². The number of hydrogen-bond donors (Lipinski definition) is 1. The van der Waals surface area contributed by atoms with Crippen LogP contribution in [0.4, 0.5) is 0 Å². The maximum atomic E-state index is 11.2. The highest BCUT2D eigenvalue weighted by Crippen LogP contribution is 2.26. The minimum absolute atomic E-state index is 0.0871. The van der Waals surface area contributed by atoms with Crippen LogP contribution in [-0.4, -0.2) is 23.1 Å². The van der Waals surface area contributed by atoms with E-state index in [1.807, 2.05) is 0 Å². The molecular weight excluding hydrogens is 192 g/mol. The number of ketones is 1. The standard InChI is InChI=1S/C12H18O3/c13-9-4-3-5-10(8-9)15-12-7-2-1-6-11(12)14/h8,11-12,14H,1-7H2/t11-,12-/m1/s1. The number of ether oxygens (including phenoxy) is 1. The third kappa shape index (κ3) is 2.81. The second-order valence-corrected chi connectivity index (χ2v) is 4.44. The van der Waals surface area contributed by atoms with E-state index in [1.54, 1.807) is 6.08 Å². The van der Waals surface area contributed by atoms with Gasteiger partial charge in [-0.25, -0.2) is 0 Å². The van der Waals surface area contributed by atoms with Crippen molar-refractivity contribution < 1.29 is 14.6 Å². The zero-order chi connectivity index (χ0) is 10.7. The first-order valence-electron chi connectivity index (χ1n) is 5.84. The van der Waals surface area contributed by atoms with Crippen LogP contribution in [0.15, 0.2) is 11.8 Å². The number of rotatable bonds is 2. The summed E-state index contributed by atoms with van der Waals surface area (Å²) in [4.78, 5) is 11.2. The predicted molar refractivity (Wildman–Crippen MR) is 56.3 cm³/mol. The molecule has 2 aliphatic carbocycles. The average molecular weight is 210 g/mol. The van der Waals surface area contributed by atoms with Gasteiger partial charge in [-0.05, 0) is 25.7 Å². The summed E-state index contributed by atoms with van der Waals surface area (Å²) in [5, 5.41) is 9.73. The van der Waals surface area contributed by atoms with Gasteiger partial charge in [0.25, 0.3) is 0 Å². The van der Waals surface area contributed by atoms with Crippen LogP contribution < -0.4 is 0 Å². The second kappa shape index (κ2) is 4.79. The van der Waals surface area contributed by atoms with Crippen LogP contribution in [0.25, 0.3) is 0 Å². The van der Waals surface area contributed by atoms with E-state index in [2.05, 4.69) is 0 Å². The van der Waals surface area contributed by atoms with Crippen molar-refractivity contribution in [3.8, 4) is 0 Å². The monoisotopic (exact) mass is 210 g/mol. The van der Waals surface area contributed by atoms with Crippen molar-refractivity contribution in [2.45, 2.75) is 57.2 Å². The molecule has 84 valence electrons. The van der Waals surface area contributed by atoms with E-state index in [1.165, 1.54) is 0 Å². The molecule has 1 saturated carbocycles. The summed E-state index contributed by atoms with van der Waals surface area (Å²) in [6.07, 6.45) is 7.46. The van der Waals surface area contributed by atoms with Gasteiger partial charge < -0.3 is 9.84 Å². The van der Waals surface area contributed by atoms with Gasteiger partial charge in [-0.2, -0.15) is 0 Å². The van der Waals surface area contributed by atoms with Crippen molar-refractivity contribution in [1.82, 2.24) is 0 Å². The van der Waals surface area contributed by atoms with Crippen molar-refractivity contribution >= 4 is 5.78 Å². The van der Waals surface area contributed by atoms with Gasteiger partial charge in [-0.1, -0.05) is 6.42 Å². The number of allylic oxidation sites excluding steroid dienone is 2. The summed E-state index contributed by atoms with van der Waals surface area (Å²) in [5.74, 6) is 0.929. The molecule has 0 aromatic carbocycles. The van der Waals surface area contributed by atoms with Gasteiger partial charge in [0.15, 0.2) is 5.78 Å². The molecule has 2 aliphatic rings. The largest absolute Gasteiger partial charge is 0.492 e. The number of aliphatic hydroxyl groups is 1. The first kappa shape index (κ1) is 10.7. The molecular formula is C12H18O3. The van der Waals surface area contributed by atoms with E-state index in [0.717, 1.165) is 44.3 Å². The molecule has 0 amide bonds. The van der Waals surface area contributed by atoms with Gasteiger partial charge in [0, 0.05) is 18.9 Å². The molecule has 2 atom stereocenters.